The van der Waals surface area contributed by atoms with E-state index in [9.17, 15) is 0 Å². The predicted molar refractivity (Wildman–Crippen MR) is 70.8 cm³/mol. The lowest BCUT2D eigenvalue weighted by Gasteiger charge is -2.23. The third-order valence-electron chi connectivity index (χ3n) is 3.09. The maximum Gasteiger partial charge on any atom is 0.130 e. The van der Waals surface area contributed by atoms with Crippen LogP contribution in [0, 0.1) is 0 Å². The summed E-state index contributed by atoms with van der Waals surface area (Å²) in [6.07, 6.45) is 2.32. The Morgan fingerprint density at radius 2 is 2.25 bits per heavy atom. The third-order valence-corrected chi connectivity index (χ3v) is 3.58. The maximum atomic E-state index is 4.69. The molecule has 2 aromatic rings. The summed E-state index contributed by atoms with van der Waals surface area (Å²) < 4.78 is 1.08. The van der Waals surface area contributed by atoms with E-state index in [4.69, 9.17) is 0 Å². The van der Waals surface area contributed by atoms with E-state index in [-0.39, 0.29) is 0 Å². The molecule has 1 aromatic heterocycles. The van der Waals surface area contributed by atoms with Crippen molar-refractivity contribution in [1.82, 2.24) is 4.98 Å². The van der Waals surface area contributed by atoms with Crippen molar-refractivity contribution in [3.05, 3.63) is 34.3 Å². The van der Waals surface area contributed by atoms with E-state index >= 15 is 0 Å². The van der Waals surface area contributed by atoms with Crippen LogP contribution in [0.1, 0.15) is 18.9 Å². The molecule has 2 nitrogen and oxygen atoms in total. The first-order chi connectivity index (χ1) is 7.72. The highest BCUT2D eigenvalue weighted by molar-refractivity contribution is 9.10. The number of fused-ring (bicyclic) bond motifs is 2. The van der Waals surface area contributed by atoms with Gasteiger partial charge < -0.3 is 5.32 Å². The van der Waals surface area contributed by atoms with E-state index < -0.39 is 0 Å². The highest BCUT2D eigenvalue weighted by atomic mass is 79.9. The van der Waals surface area contributed by atoms with Gasteiger partial charge in [0.15, 0.2) is 0 Å². The molecular formula is C13H13BrN2. The van der Waals surface area contributed by atoms with Crippen molar-refractivity contribution in [2.24, 2.45) is 0 Å². The van der Waals surface area contributed by atoms with Gasteiger partial charge >= 0.3 is 0 Å². The number of hydrogen-bond acceptors (Lipinski definition) is 2. The van der Waals surface area contributed by atoms with Crippen molar-refractivity contribution in [3.8, 4) is 0 Å². The Labute approximate surface area is 103 Å². The molecule has 0 radical (unpaired) electrons. The Bertz CT molecular complexity index is 551. The molecule has 0 amide bonds. The van der Waals surface area contributed by atoms with Crippen LogP contribution in [0.2, 0.25) is 0 Å². The second-order valence-electron chi connectivity index (χ2n) is 4.42. The quantitative estimate of drug-likeness (QED) is 0.793. The molecule has 0 aliphatic carbocycles. The molecule has 3 heteroatoms. The minimum atomic E-state index is 0.532. The second kappa shape index (κ2) is 3.74. The number of nitrogens with zero attached hydrogens (tertiary/aromatic N) is 1. The van der Waals surface area contributed by atoms with Gasteiger partial charge in [0.05, 0.1) is 5.52 Å². The first kappa shape index (κ1) is 10.1. The summed E-state index contributed by atoms with van der Waals surface area (Å²) in [5.41, 5.74) is 2.39. The number of aromatic nitrogens is 1. The van der Waals surface area contributed by atoms with Crippen LogP contribution < -0.4 is 5.32 Å². The Morgan fingerprint density at radius 3 is 3.12 bits per heavy atom. The largest absolute Gasteiger partial charge is 0.367 e. The SMILES string of the molecule is CC1CCc2cc3ccc(Br)cc3nc2N1. The van der Waals surface area contributed by atoms with Crippen LogP contribution in [0.5, 0.6) is 0 Å². The lowest BCUT2D eigenvalue weighted by molar-refractivity contribution is 0.675. The maximum absolute atomic E-state index is 4.69. The fourth-order valence-electron chi connectivity index (χ4n) is 2.18. The molecule has 82 valence electrons. The zero-order chi connectivity index (χ0) is 11.1. The molecule has 1 aromatic carbocycles. The first-order valence-electron chi connectivity index (χ1n) is 5.58. The van der Waals surface area contributed by atoms with E-state index in [2.05, 4.69) is 57.4 Å². The summed E-state index contributed by atoms with van der Waals surface area (Å²) in [6.45, 7) is 2.20. The van der Waals surface area contributed by atoms with Gasteiger partial charge in [-0.25, -0.2) is 4.98 Å². The standard InChI is InChI=1S/C13H13BrN2/c1-8-2-3-10-6-9-4-5-11(14)7-12(9)16-13(10)15-8/h4-8H,2-3H2,1H3,(H,15,16). The molecule has 1 aliphatic heterocycles. The van der Waals surface area contributed by atoms with Crippen molar-refractivity contribution < 1.29 is 0 Å². The van der Waals surface area contributed by atoms with Crippen LogP contribution in [0.4, 0.5) is 5.82 Å². The number of rotatable bonds is 0. The minimum absolute atomic E-state index is 0.532. The van der Waals surface area contributed by atoms with E-state index in [1.54, 1.807) is 0 Å². The molecule has 0 bridgehead atoms. The van der Waals surface area contributed by atoms with Gasteiger partial charge in [0, 0.05) is 15.9 Å². The average molecular weight is 277 g/mol. The number of pyridine rings is 1. The molecule has 3 rings (SSSR count). The molecule has 1 atom stereocenters. The van der Waals surface area contributed by atoms with E-state index in [0.29, 0.717) is 6.04 Å². The summed E-state index contributed by atoms with van der Waals surface area (Å²) in [6, 6.07) is 9.03. The van der Waals surface area contributed by atoms with Gasteiger partial charge in [0.25, 0.3) is 0 Å². The van der Waals surface area contributed by atoms with Gasteiger partial charge in [-0.3, -0.25) is 0 Å². The molecule has 0 spiro atoms. The molecular weight excluding hydrogens is 264 g/mol. The van der Waals surface area contributed by atoms with Crippen molar-refractivity contribution in [2.75, 3.05) is 5.32 Å². The summed E-state index contributed by atoms with van der Waals surface area (Å²) in [7, 11) is 0. The van der Waals surface area contributed by atoms with Crippen LogP contribution in [-0.2, 0) is 6.42 Å². The highest BCUT2D eigenvalue weighted by Gasteiger charge is 2.15. The average Bonchev–Trinajstić information content (AvgIpc) is 2.26. The summed E-state index contributed by atoms with van der Waals surface area (Å²) >= 11 is 3.48. The molecule has 1 unspecified atom stereocenters. The minimum Gasteiger partial charge on any atom is -0.367 e. The Morgan fingerprint density at radius 1 is 1.38 bits per heavy atom. The molecule has 0 fully saturated rings. The topological polar surface area (TPSA) is 24.9 Å². The molecule has 2 heterocycles. The first-order valence-corrected chi connectivity index (χ1v) is 6.37. The van der Waals surface area contributed by atoms with Crippen LogP contribution in [0.25, 0.3) is 10.9 Å². The number of nitrogens with one attached hydrogen (secondary N) is 1. The van der Waals surface area contributed by atoms with Gasteiger partial charge in [-0.15, -0.1) is 0 Å². The summed E-state index contributed by atoms with van der Waals surface area (Å²) in [5, 5.41) is 4.67. The molecule has 16 heavy (non-hydrogen) atoms. The van der Waals surface area contributed by atoms with Crippen LogP contribution in [0.3, 0.4) is 0 Å². The van der Waals surface area contributed by atoms with Gasteiger partial charge in [0.1, 0.15) is 5.82 Å². The van der Waals surface area contributed by atoms with Gasteiger partial charge in [0.2, 0.25) is 0 Å². The van der Waals surface area contributed by atoms with Crippen molar-refractivity contribution in [1.29, 1.82) is 0 Å². The van der Waals surface area contributed by atoms with Crippen molar-refractivity contribution >= 4 is 32.7 Å². The fraction of sp³-hybridized carbons (Fsp3) is 0.308. The van der Waals surface area contributed by atoms with E-state index in [1.807, 2.05) is 0 Å². The van der Waals surface area contributed by atoms with Gasteiger partial charge in [-0.2, -0.15) is 0 Å². The number of aryl methyl sites for hydroxylation is 1. The number of halogens is 1. The summed E-state index contributed by atoms with van der Waals surface area (Å²) in [4.78, 5) is 4.69. The van der Waals surface area contributed by atoms with Crippen LogP contribution in [0.15, 0.2) is 28.7 Å². The molecule has 0 saturated heterocycles. The predicted octanol–water partition coefficient (Wildman–Crippen LogP) is 3.74. The normalized spacial score (nSPS) is 19.2. The van der Waals surface area contributed by atoms with Gasteiger partial charge in [-0.05, 0) is 43.5 Å². The van der Waals surface area contributed by atoms with Crippen LogP contribution >= 0.6 is 15.9 Å². The van der Waals surface area contributed by atoms with E-state index in [0.717, 1.165) is 22.2 Å². The Balaban J connectivity index is 2.20. The number of benzene rings is 1. The lowest BCUT2D eigenvalue weighted by atomic mass is 10.0. The monoisotopic (exact) mass is 276 g/mol. The number of anilines is 1. The molecule has 1 aliphatic rings. The zero-order valence-corrected chi connectivity index (χ0v) is 10.7. The highest BCUT2D eigenvalue weighted by Crippen LogP contribution is 2.27. The molecule has 1 N–H and O–H groups in total. The van der Waals surface area contributed by atoms with Gasteiger partial charge in [-0.1, -0.05) is 22.0 Å². The molecule has 0 saturated carbocycles. The zero-order valence-electron chi connectivity index (χ0n) is 9.13. The Kier molecular flexibility index (Phi) is 2.36. The lowest BCUT2D eigenvalue weighted by Crippen LogP contribution is -2.22. The smallest absolute Gasteiger partial charge is 0.130 e. The number of hydrogen-bond donors (Lipinski definition) is 1. The van der Waals surface area contributed by atoms with Crippen molar-refractivity contribution in [3.63, 3.8) is 0 Å². The fourth-order valence-corrected chi connectivity index (χ4v) is 2.53. The Hall–Kier alpha value is -1.09. The van der Waals surface area contributed by atoms with Crippen molar-refractivity contribution in [2.45, 2.75) is 25.8 Å². The second-order valence-corrected chi connectivity index (χ2v) is 5.33. The van der Waals surface area contributed by atoms with E-state index in [1.165, 1.54) is 17.4 Å². The third kappa shape index (κ3) is 1.69. The summed E-state index contributed by atoms with van der Waals surface area (Å²) in [5.74, 6) is 1.06. The van der Waals surface area contributed by atoms with Crippen LogP contribution in [-0.4, -0.2) is 11.0 Å².